The summed E-state index contributed by atoms with van der Waals surface area (Å²) in [5.41, 5.74) is 0. The van der Waals surface area contributed by atoms with Crippen LogP contribution in [-0.4, -0.2) is 36.7 Å². The molecule has 2 N–H and O–H groups in total. The standard InChI is InChI=1S/C10H19NO4/c1-3-15-10(14)5-4-9(13)11-6-8(2)7-12/h8,12H,3-7H2,1-2H3,(H,11,13). The molecule has 0 spiro atoms. The number of esters is 1. The molecule has 0 aromatic rings. The number of nitrogens with one attached hydrogen (secondary N) is 1. The van der Waals surface area contributed by atoms with Gasteiger partial charge >= 0.3 is 5.97 Å². The molecule has 0 saturated heterocycles. The number of aliphatic hydroxyl groups excluding tert-OH is 1. The molecule has 88 valence electrons. The van der Waals surface area contributed by atoms with Gasteiger partial charge in [0.2, 0.25) is 5.91 Å². The second-order valence-electron chi connectivity index (χ2n) is 3.40. The molecule has 0 aliphatic heterocycles. The predicted octanol–water partition coefficient (Wildman–Crippen LogP) is 0.0743. The molecule has 0 aliphatic rings. The molecule has 0 fully saturated rings. The molecule has 15 heavy (non-hydrogen) atoms. The van der Waals surface area contributed by atoms with E-state index in [9.17, 15) is 9.59 Å². The van der Waals surface area contributed by atoms with Gasteiger partial charge in [-0.1, -0.05) is 6.92 Å². The Morgan fingerprint density at radius 3 is 2.60 bits per heavy atom. The van der Waals surface area contributed by atoms with Gasteiger partial charge in [-0.05, 0) is 12.8 Å². The summed E-state index contributed by atoms with van der Waals surface area (Å²) in [7, 11) is 0. The first-order valence-electron chi connectivity index (χ1n) is 5.13. The van der Waals surface area contributed by atoms with E-state index in [0.29, 0.717) is 13.2 Å². The predicted molar refractivity (Wildman–Crippen MR) is 55.1 cm³/mol. The highest BCUT2D eigenvalue weighted by Gasteiger charge is 2.08. The Morgan fingerprint density at radius 2 is 2.07 bits per heavy atom. The monoisotopic (exact) mass is 217 g/mol. The molecule has 0 bridgehead atoms. The fraction of sp³-hybridized carbons (Fsp3) is 0.800. The zero-order chi connectivity index (χ0) is 11.7. The van der Waals surface area contributed by atoms with Gasteiger partial charge in [-0.3, -0.25) is 9.59 Å². The minimum atomic E-state index is -0.358. The van der Waals surface area contributed by atoms with Crippen molar-refractivity contribution in [2.45, 2.75) is 26.7 Å². The Hall–Kier alpha value is -1.10. The number of carbonyl (C=O) groups is 2. The molecule has 1 atom stereocenters. The molecule has 0 aromatic carbocycles. The van der Waals surface area contributed by atoms with Gasteiger partial charge in [0.05, 0.1) is 13.0 Å². The van der Waals surface area contributed by atoms with Gasteiger partial charge in [0.1, 0.15) is 0 Å². The zero-order valence-electron chi connectivity index (χ0n) is 9.28. The number of amides is 1. The SMILES string of the molecule is CCOC(=O)CCC(=O)NCC(C)CO. The number of carbonyl (C=O) groups excluding carboxylic acids is 2. The van der Waals surface area contributed by atoms with Crippen molar-refractivity contribution in [3.8, 4) is 0 Å². The van der Waals surface area contributed by atoms with Gasteiger partial charge in [0.15, 0.2) is 0 Å². The van der Waals surface area contributed by atoms with Gasteiger partial charge in [0, 0.05) is 19.6 Å². The average molecular weight is 217 g/mol. The Balaban J connectivity index is 3.53. The zero-order valence-corrected chi connectivity index (χ0v) is 9.28. The van der Waals surface area contributed by atoms with E-state index < -0.39 is 0 Å². The lowest BCUT2D eigenvalue weighted by Gasteiger charge is -2.09. The van der Waals surface area contributed by atoms with Gasteiger partial charge in [0.25, 0.3) is 0 Å². The van der Waals surface area contributed by atoms with Crippen LogP contribution < -0.4 is 5.32 Å². The fourth-order valence-electron chi connectivity index (χ4n) is 0.890. The first-order chi connectivity index (χ1) is 7.10. The van der Waals surface area contributed by atoms with E-state index in [4.69, 9.17) is 5.11 Å². The average Bonchev–Trinajstić information content (AvgIpc) is 2.23. The van der Waals surface area contributed by atoms with Crippen LogP contribution in [0.2, 0.25) is 0 Å². The van der Waals surface area contributed by atoms with Crippen molar-refractivity contribution < 1.29 is 19.4 Å². The molecule has 0 heterocycles. The largest absolute Gasteiger partial charge is 0.466 e. The first kappa shape index (κ1) is 13.9. The van der Waals surface area contributed by atoms with Crippen molar-refractivity contribution >= 4 is 11.9 Å². The second-order valence-corrected chi connectivity index (χ2v) is 3.40. The van der Waals surface area contributed by atoms with E-state index in [2.05, 4.69) is 10.1 Å². The molecular formula is C10H19NO4. The summed E-state index contributed by atoms with van der Waals surface area (Å²) < 4.78 is 4.68. The van der Waals surface area contributed by atoms with Crippen molar-refractivity contribution in [1.29, 1.82) is 0 Å². The molecule has 5 nitrogen and oxygen atoms in total. The van der Waals surface area contributed by atoms with Crippen LogP contribution >= 0.6 is 0 Å². The smallest absolute Gasteiger partial charge is 0.306 e. The summed E-state index contributed by atoms with van der Waals surface area (Å²) in [6.45, 7) is 4.35. The third-order valence-electron chi connectivity index (χ3n) is 1.82. The van der Waals surface area contributed by atoms with Crippen LogP contribution in [0.5, 0.6) is 0 Å². The van der Waals surface area contributed by atoms with Crippen LogP contribution in [0.3, 0.4) is 0 Å². The van der Waals surface area contributed by atoms with E-state index in [-0.39, 0.29) is 37.2 Å². The van der Waals surface area contributed by atoms with Gasteiger partial charge in [-0.15, -0.1) is 0 Å². The van der Waals surface area contributed by atoms with Crippen molar-refractivity contribution in [2.75, 3.05) is 19.8 Å². The van der Waals surface area contributed by atoms with Crippen LogP contribution in [0.25, 0.3) is 0 Å². The maximum absolute atomic E-state index is 11.2. The number of aliphatic hydroxyl groups is 1. The van der Waals surface area contributed by atoms with E-state index >= 15 is 0 Å². The highest BCUT2D eigenvalue weighted by molar-refractivity contribution is 5.81. The maximum Gasteiger partial charge on any atom is 0.306 e. The number of hydrogen-bond donors (Lipinski definition) is 2. The molecule has 5 heteroatoms. The summed E-state index contributed by atoms with van der Waals surface area (Å²) in [5.74, 6) is -0.511. The second kappa shape index (κ2) is 8.23. The molecule has 0 aliphatic carbocycles. The molecule has 0 saturated carbocycles. The topological polar surface area (TPSA) is 75.6 Å². The van der Waals surface area contributed by atoms with Crippen LogP contribution in [0.4, 0.5) is 0 Å². The molecular weight excluding hydrogens is 198 g/mol. The minimum absolute atomic E-state index is 0.0385. The molecule has 1 amide bonds. The van der Waals surface area contributed by atoms with Crippen molar-refractivity contribution in [1.82, 2.24) is 5.32 Å². The fourth-order valence-corrected chi connectivity index (χ4v) is 0.890. The van der Waals surface area contributed by atoms with Gasteiger partial charge in [-0.2, -0.15) is 0 Å². The Kier molecular flexibility index (Phi) is 7.62. The molecule has 0 aromatic heterocycles. The van der Waals surface area contributed by atoms with Crippen molar-refractivity contribution in [3.05, 3.63) is 0 Å². The first-order valence-corrected chi connectivity index (χ1v) is 5.13. The summed E-state index contributed by atoms with van der Waals surface area (Å²) in [6.07, 6.45) is 0.240. The Morgan fingerprint density at radius 1 is 1.40 bits per heavy atom. The summed E-state index contributed by atoms with van der Waals surface area (Å²) in [5, 5.41) is 11.3. The highest BCUT2D eigenvalue weighted by Crippen LogP contribution is 1.94. The van der Waals surface area contributed by atoms with Crippen LogP contribution in [0.15, 0.2) is 0 Å². The van der Waals surface area contributed by atoms with E-state index in [0.717, 1.165) is 0 Å². The summed E-state index contributed by atoms with van der Waals surface area (Å²) in [6, 6.07) is 0. The normalized spacial score (nSPS) is 11.9. The lowest BCUT2D eigenvalue weighted by atomic mass is 10.2. The van der Waals surface area contributed by atoms with E-state index in [1.165, 1.54) is 0 Å². The van der Waals surface area contributed by atoms with Crippen LogP contribution in [0.1, 0.15) is 26.7 Å². The van der Waals surface area contributed by atoms with Crippen LogP contribution in [0, 0.1) is 5.92 Å². The Bertz CT molecular complexity index is 206. The molecule has 1 unspecified atom stereocenters. The maximum atomic E-state index is 11.2. The Labute approximate surface area is 89.8 Å². The quantitative estimate of drug-likeness (QED) is 0.592. The third-order valence-corrected chi connectivity index (χ3v) is 1.82. The lowest BCUT2D eigenvalue weighted by molar-refractivity contribution is -0.144. The molecule has 0 rings (SSSR count). The minimum Gasteiger partial charge on any atom is -0.466 e. The number of rotatable bonds is 7. The van der Waals surface area contributed by atoms with E-state index in [1.807, 2.05) is 6.92 Å². The van der Waals surface area contributed by atoms with Gasteiger partial charge < -0.3 is 15.2 Å². The highest BCUT2D eigenvalue weighted by atomic mass is 16.5. The van der Waals surface area contributed by atoms with Gasteiger partial charge in [-0.25, -0.2) is 0 Å². The lowest BCUT2D eigenvalue weighted by Crippen LogP contribution is -2.29. The molecule has 0 radical (unpaired) electrons. The summed E-state index contributed by atoms with van der Waals surface area (Å²) in [4.78, 5) is 22.1. The number of hydrogen-bond acceptors (Lipinski definition) is 4. The summed E-state index contributed by atoms with van der Waals surface area (Å²) >= 11 is 0. The number of ether oxygens (including phenoxy) is 1. The van der Waals surface area contributed by atoms with Crippen molar-refractivity contribution in [2.24, 2.45) is 5.92 Å². The third kappa shape index (κ3) is 7.93. The van der Waals surface area contributed by atoms with Crippen LogP contribution in [-0.2, 0) is 14.3 Å². The van der Waals surface area contributed by atoms with E-state index in [1.54, 1.807) is 6.92 Å². The van der Waals surface area contributed by atoms with Crippen molar-refractivity contribution in [3.63, 3.8) is 0 Å².